The van der Waals surface area contributed by atoms with Gasteiger partial charge in [0.05, 0.1) is 13.3 Å². The molecule has 0 N–H and O–H groups in total. The Morgan fingerprint density at radius 3 is 2.38 bits per heavy atom. The van der Waals surface area contributed by atoms with Gasteiger partial charge in [-0.3, -0.25) is 9.67 Å². The third kappa shape index (κ3) is 5.26. The highest BCUT2D eigenvalue weighted by Gasteiger charge is 2.34. The molecule has 4 aromatic rings. The summed E-state index contributed by atoms with van der Waals surface area (Å²) in [4.78, 5) is 8.18. The molecule has 0 unspecified atom stereocenters. The molecular weight excluding hydrogens is 414 g/mol. The van der Waals surface area contributed by atoms with Crippen LogP contribution in [0.5, 0.6) is 17.4 Å². The molecule has 0 spiro atoms. The van der Waals surface area contributed by atoms with Crippen molar-refractivity contribution < 1.29 is 18.3 Å². The van der Waals surface area contributed by atoms with E-state index in [9.17, 15) is 8.78 Å². The molecule has 3 aromatic heterocycles. The van der Waals surface area contributed by atoms with E-state index in [2.05, 4.69) is 15.1 Å². The molecule has 1 aromatic carbocycles. The average molecular weight is 438 g/mol. The van der Waals surface area contributed by atoms with Gasteiger partial charge in [0.2, 0.25) is 5.88 Å². The van der Waals surface area contributed by atoms with Crippen LogP contribution in [0.25, 0.3) is 11.1 Å². The predicted octanol–water partition coefficient (Wildman–Crippen LogP) is 5.96. The molecule has 0 aliphatic heterocycles. The van der Waals surface area contributed by atoms with Gasteiger partial charge in [-0.1, -0.05) is 32.0 Å². The number of methoxy groups -OCH3 is 1. The smallest absolute Gasteiger partial charge is 0.308 e. The van der Waals surface area contributed by atoms with Crippen LogP contribution in [-0.4, -0.2) is 26.9 Å². The first-order valence-corrected chi connectivity index (χ1v) is 10.1. The van der Waals surface area contributed by atoms with E-state index in [1.54, 1.807) is 25.4 Å². The van der Waals surface area contributed by atoms with E-state index in [1.165, 1.54) is 35.4 Å². The summed E-state index contributed by atoms with van der Waals surface area (Å²) in [7, 11) is 1.59. The second-order valence-electron chi connectivity index (χ2n) is 6.45. The predicted molar refractivity (Wildman–Crippen MR) is 118 cm³/mol. The van der Waals surface area contributed by atoms with Gasteiger partial charge in [0.15, 0.2) is 0 Å². The molecule has 166 valence electrons. The number of pyridine rings is 2. The zero-order valence-electron chi connectivity index (χ0n) is 18.1. The summed E-state index contributed by atoms with van der Waals surface area (Å²) in [5.74, 6) is -1.89. The maximum atomic E-state index is 14.5. The van der Waals surface area contributed by atoms with Crippen LogP contribution in [0.15, 0.2) is 79.4 Å². The largest absolute Gasteiger partial charge is 0.496 e. The van der Waals surface area contributed by atoms with Crippen LogP contribution in [0.4, 0.5) is 8.78 Å². The van der Waals surface area contributed by atoms with Crippen LogP contribution in [0.3, 0.4) is 0 Å². The number of benzene rings is 1. The average Bonchev–Trinajstić information content (AvgIpc) is 3.33. The van der Waals surface area contributed by atoms with E-state index >= 15 is 0 Å². The van der Waals surface area contributed by atoms with E-state index in [1.807, 2.05) is 44.2 Å². The summed E-state index contributed by atoms with van der Waals surface area (Å²) in [6.07, 6.45) is 5.78. The van der Waals surface area contributed by atoms with Crippen LogP contribution in [0.1, 0.15) is 19.5 Å². The third-order valence-corrected chi connectivity index (χ3v) is 4.41. The van der Waals surface area contributed by atoms with E-state index in [0.29, 0.717) is 22.9 Å². The van der Waals surface area contributed by atoms with E-state index in [-0.39, 0.29) is 5.69 Å². The molecule has 0 radical (unpaired) electrons. The van der Waals surface area contributed by atoms with Gasteiger partial charge in [0.1, 0.15) is 23.7 Å². The summed E-state index contributed by atoms with van der Waals surface area (Å²) in [6.45, 7) is 3.41. The number of halogens is 2. The minimum atomic E-state index is -3.17. The van der Waals surface area contributed by atoms with Gasteiger partial charge in [0, 0.05) is 29.7 Å². The molecule has 0 saturated heterocycles. The van der Waals surface area contributed by atoms with Gasteiger partial charge < -0.3 is 9.47 Å². The number of nitrogens with zero attached hydrogens (tertiary/aromatic N) is 4. The van der Waals surface area contributed by atoms with Crippen molar-refractivity contribution in [2.24, 2.45) is 0 Å². The normalized spacial score (nSPS) is 10.8. The van der Waals surface area contributed by atoms with Crippen LogP contribution in [0, 0.1) is 0 Å². The van der Waals surface area contributed by atoms with Crippen molar-refractivity contribution in [3.63, 3.8) is 0 Å². The third-order valence-electron chi connectivity index (χ3n) is 4.41. The lowest BCUT2D eigenvalue weighted by Gasteiger charge is -2.16. The molecule has 0 bridgehead atoms. The Morgan fingerprint density at radius 2 is 1.69 bits per heavy atom. The van der Waals surface area contributed by atoms with Crippen molar-refractivity contribution in [1.82, 2.24) is 19.7 Å². The fraction of sp³-hybridized carbons (Fsp3) is 0.208. The highest BCUT2D eigenvalue weighted by atomic mass is 19.3. The fourth-order valence-electron chi connectivity index (χ4n) is 2.99. The van der Waals surface area contributed by atoms with Crippen LogP contribution >= 0.6 is 0 Å². The van der Waals surface area contributed by atoms with Gasteiger partial charge in [0.25, 0.3) is 0 Å². The Bertz CT molecular complexity index is 1120. The van der Waals surface area contributed by atoms with Gasteiger partial charge in [-0.05, 0) is 36.4 Å². The molecule has 32 heavy (non-hydrogen) atoms. The fourth-order valence-corrected chi connectivity index (χ4v) is 2.99. The number of para-hydroxylation sites is 1. The van der Waals surface area contributed by atoms with Crippen molar-refractivity contribution in [1.29, 1.82) is 0 Å². The Morgan fingerprint density at radius 1 is 0.906 bits per heavy atom. The van der Waals surface area contributed by atoms with Crippen molar-refractivity contribution in [3.05, 3.63) is 85.1 Å². The van der Waals surface area contributed by atoms with Gasteiger partial charge in [-0.2, -0.15) is 13.9 Å². The molecule has 8 heteroatoms. The molecule has 0 atom stereocenters. The summed E-state index contributed by atoms with van der Waals surface area (Å²) in [5.41, 5.74) is 1.15. The molecular formula is C24H24F2N4O2. The Hall–Kier alpha value is -3.81. The number of ether oxygens (including phenoxy) is 2. The first kappa shape index (κ1) is 22.9. The van der Waals surface area contributed by atoms with Crippen molar-refractivity contribution >= 4 is 0 Å². The number of alkyl halides is 2. The highest BCUT2D eigenvalue weighted by molar-refractivity contribution is 5.74. The van der Waals surface area contributed by atoms with Crippen LogP contribution in [0.2, 0.25) is 0 Å². The summed E-state index contributed by atoms with van der Waals surface area (Å²) in [6, 6.07) is 15.4. The molecule has 0 fully saturated rings. The molecule has 0 aliphatic rings. The quantitative estimate of drug-likeness (QED) is 0.356. The number of aromatic nitrogens is 4. The molecule has 4 rings (SSSR count). The highest BCUT2D eigenvalue weighted by Crippen LogP contribution is 2.37. The molecule has 0 saturated carbocycles. The Balaban J connectivity index is 0.00000141. The van der Waals surface area contributed by atoms with Gasteiger partial charge >= 0.3 is 5.92 Å². The SMILES string of the molecule is CC.COc1ccccc1-c1cccnc1Oc1ccc(C(F)(F)Cn2cccn2)nc1. The minimum Gasteiger partial charge on any atom is -0.496 e. The molecule has 0 aliphatic carbocycles. The van der Waals surface area contributed by atoms with Gasteiger partial charge in [-0.25, -0.2) is 4.98 Å². The van der Waals surface area contributed by atoms with E-state index in [4.69, 9.17) is 9.47 Å². The first-order valence-electron chi connectivity index (χ1n) is 10.1. The molecule has 6 nitrogen and oxygen atoms in total. The Kier molecular flexibility index (Phi) is 7.49. The number of hydrogen-bond acceptors (Lipinski definition) is 5. The van der Waals surface area contributed by atoms with E-state index in [0.717, 1.165) is 5.56 Å². The number of hydrogen-bond donors (Lipinski definition) is 0. The van der Waals surface area contributed by atoms with Crippen molar-refractivity contribution in [2.75, 3.05) is 7.11 Å². The summed E-state index contributed by atoms with van der Waals surface area (Å²) in [5, 5.41) is 3.82. The van der Waals surface area contributed by atoms with E-state index < -0.39 is 12.5 Å². The maximum Gasteiger partial charge on any atom is 0.308 e. The zero-order chi connectivity index (χ0) is 23.0. The van der Waals surface area contributed by atoms with Crippen LogP contribution < -0.4 is 9.47 Å². The number of rotatable bonds is 7. The van der Waals surface area contributed by atoms with Gasteiger partial charge in [-0.15, -0.1) is 0 Å². The second kappa shape index (κ2) is 10.5. The first-order chi connectivity index (χ1) is 15.6. The lowest BCUT2D eigenvalue weighted by atomic mass is 10.1. The standard InChI is InChI=1S/C22H18F2N4O2.C2H6/c1-29-19-8-3-2-6-17(19)18-7-4-11-25-21(18)30-16-9-10-20(26-14-16)22(23,24)15-28-13-5-12-27-28;1-2/h2-14H,15H2,1H3;1-2H3. The van der Waals surface area contributed by atoms with Crippen molar-refractivity contribution in [2.45, 2.75) is 26.3 Å². The summed E-state index contributed by atoms with van der Waals surface area (Å²) >= 11 is 0. The zero-order valence-corrected chi connectivity index (χ0v) is 18.1. The lowest BCUT2D eigenvalue weighted by molar-refractivity contribution is -0.0296. The monoisotopic (exact) mass is 438 g/mol. The molecule has 3 heterocycles. The van der Waals surface area contributed by atoms with Crippen LogP contribution in [-0.2, 0) is 12.5 Å². The maximum absolute atomic E-state index is 14.5. The summed E-state index contributed by atoms with van der Waals surface area (Å²) < 4.78 is 41.3. The lowest BCUT2D eigenvalue weighted by Crippen LogP contribution is -2.23. The minimum absolute atomic E-state index is 0.295. The topological polar surface area (TPSA) is 62.1 Å². The molecule has 0 amide bonds. The Labute approximate surface area is 185 Å². The van der Waals surface area contributed by atoms with Crippen molar-refractivity contribution in [3.8, 4) is 28.5 Å². The second-order valence-corrected chi connectivity index (χ2v) is 6.45.